The van der Waals surface area contributed by atoms with Crippen molar-refractivity contribution in [2.24, 2.45) is 0 Å². The smallest absolute Gasteiger partial charge is 0.331 e. The highest BCUT2D eigenvalue weighted by molar-refractivity contribution is 7.98. The van der Waals surface area contributed by atoms with Crippen molar-refractivity contribution < 1.29 is 14.3 Å². The molecule has 0 bridgehead atoms. The molecule has 0 radical (unpaired) electrons. The number of ether oxygens (including phenoxy) is 1. The van der Waals surface area contributed by atoms with Crippen molar-refractivity contribution in [2.75, 3.05) is 18.2 Å². The standard InChI is InChI=1S/C20H21NO3S/c1-14-5-4-6-18(15(14)2)21-19(22)13-24-20(23)12-9-16-7-10-17(25-3)11-8-16/h4-12H,13H2,1-3H3,(H,21,22)/b12-9+. The van der Waals surface area contributed by atoms with E-state index >= 15 is 0 Å². The number of carbonyl (C=O) groups is 2. The molecular formula is C20H21NO3S. The van der Waals surface area contributed by atoms with Crippen molar-refractivity contribution in [3.63, 3.8) is 0 Å². The van der Waals surface area contributed by atoms with Gasteiger partial charge in [0.1, 0.15) is 0 Å². The van der Waals surface area contributed by atoms with Gasteiger partial charge >= 0.3 is 5.97 Å². The minimum atomic E-state index is -0.551. The van der Waals surface area contributed by atoms with Crippen molar-refractivity contribution >= 4 is 35.4 Å². The van der Waals surface area contributed by atoms with Gasteiger partial charge in [0, 0.05) is 16.7 Å². The lowest BCUT2D eigenvalue weighted by Gasteiger charge is -2.10. The lowest BCUT2D eigenvalue weighted by molar-refractivity contribution is -0.142. The van der Waals surface area contributed by atoms with Crippen LogP contribution < -0.4 is 5.32 Å². The van der Waals surface area contributed by atoms with E-state index in [1.54, 1.807) is 17.8 Å². The van der Waals surface area contributed by atoms with Gasteiger partial charge in [0.05, 0.1) is 0 Å². The number of anilines is 1. The molecule has 0 aromatic heterocycles. The molecule has 2 aromatic rings. The topological polar surface area (TPSA) is 55.4 Å². The van der Waals surface area contributed by atoms with Gasteiger partial charge in [-0.25, -0.2) is 4.79 Å². The van der Waals surface area contributed by atoms with Crippen LogP contribution in [0.1, 0.15) is 16.7 Å². The Kier molecular flexibility index (Phi) is 6.83. The number of nitrogens with one attached hydrogen (secondary N) is 1. The summed E-state index contributed by atoms with van der Waals surface area (Å²) in [7, 11) is 0. The van der Waals surface area contributed by atoms with Crippen molar-refractivity contribution in [1.29, 1.82) is 0 Å². The highest BCUT2D eigenvalue weighted by Gasteiger charge is 2.08. The van der Waals surface area contributed by atoms with E-state index in [1.165, 1.54) is 6.08 Å². The second-order valence-corrected chi connectivity index (χ2v) is 6.39. The molecule has 0 aliphatic rings. The average molecular weight is 355 g/mol. The van der Waals surface area contributed by atoms with Gasteiger partial charge in [0.15, 0.2) is 6.61 Å². The van der Waals surface area contributed by atoms with E-state index in [2.05, 4.69) is 5.32 Å². The number of aryl methyl sites for hydroxylation is 1. The van der Waals surface area contributed by atoms with E-state index < -0.39 is 5.97 Å². The van der Waals surface area contributed by atoms with E-state index in [1.807, 2.05) is 62.6 Å². The van der Waals surface area contributed by atoms with E-state index in [4.69, 9.17) is 4.74 Å². The number of amides is 1. The molecule has 1 amide bonds. The van der Waals surface area contributed by atoms with Gasteiger partial charge in [-0.15, -0.1) is 11.8 Å². The maximum atomic E-state index is 11.9. The van der Waals surface area contributed by atoms with Gasteiger partial charge in [-0.3, -0.25) is 4.79 Å². The number of hydrogen-bond donors (Lipinski definition) is 1. The molecule has 5 heteroatoms. The van der Waals surface area contributed by atoms with Crippen LogP contribution in [0.2, 0.25) is 0 Å². The van der Waals surface area contributed by atoms with Crippen LogP contribution in [0.4, 0.5) is 5.69 Å². The molecule has 1 N–H and O–H groups in total. The molecule has 0 fully saturated rings. The summed E-state index contributed by atoms with van der Waals surface area (Å²) in [5, 5.41) is 2.75. The molecular weight excluding hydrogens is 334 g/mol. The molecule has 0 aliphatic heterocycles. The molecule has 0 unspecified atom stereocenters. The third kappa shape index (κ3) is 5.80. The zero-order valence-corrected chi connectivity index (χ0v) is 15.4. The molecule has 2 aromatic carbocycles. The van der Waals surface area contributed by atoms with Crippen LogP contribution >= 0.6 is 11.8 Å². The van der Waals surface area contributed by atoms with E-state index in [9.17, 15) is 9.59 Å². The fraction of sp³-hybridized carbons (Fsp3) is 0.200. The van der Waals surface area contributed by atoms with Crippen LogP contribution in [0.3, 0.4) is 0 Å². The summed E-state index contributed by atoms with van der Waals surface area (Å²) >= 11 is 1.66. The van der Waals surface area contributed by atoms with Crippen molar-refractivity contribution in [2.45, 2.75) is 18.7 Å². The molecule has 0 atom stereocenters. The Labute approximate surface area is 152 Å². The highest BCUT2D eigenvalue weighted by Crippen LogP contribution is 2.18. The normalized spacial score (nSPS) is 10.7. The number of esters is 1. The monoisotopic (exact) mass is 355 g/mol. The highest BCUT2D eigenvalue weighted by atomic mass is 32.2. The second-order valence-electron chi connectivity index (χ2n) is 5.51. The predicted molar refractivity (Wildman–Crippen MR) is 103 cm³/mol. The molecule has 0 heterocycles. The number of hydrogen-bond acceptors (Lipinski definition) is 4. The molecule has 0 aliphatic carbocycles. The number of carbonyl (C=O) groups excluding carboxylic acids is 2. The van der Waals surface area contributed by atoms with Gasteiger partial charge in [-0.2, -0.15) is 0 Å². The maximum absolute atomic E-state index is 11.9. The summed E-state index contributed by atoms with van der Waals surface area (Å²) in [6.07, 6.45) is 4.99. The van der Waals surface area contributed by atoms with Crippen molar-refractivity contribution in [3.05, 3.63) is 65.2 Å². The first-order chi connectivity index (χ1) is 12.0. The molecule has 25 heavy (non-hydrogen) atoms. The Morgan fingerprint density at radius 3 is 2.52 bits per heavy atom. The summed E-state index contributed by atoms with van der Waals surface area (Å²) in [4.78, 5) is 24.8. The summed E-state index contributed by atoms with van der Waals surface area (Å²) in [6.45, 7) is 3.59. The summed E-state index contributed by atoms with van der Waals surface area (Å²) in [6, 6.07) is 13.5. The lowest BCUT2D eigenvalue weighted by atomic mass is 10.1. The third-order valence-corrected chi connectivity index (χ3v) is 4.50. The molecule has 0 saturated carbocycles. The van der Waals surface area contributed by atoms with Crippen LogP contribution in [0.5, 0.6) is 0 Å². The fourth-order valence-corrected chi connectivity index (χ4v) is 2.55. The second kappa shape index (κ2) is 9.08. The third-order valence-electron chi connectivity index (χ3n) is 3.75. The fourth-order valence-electron chi connectivity index (χ4n) is 2.14. The minimum absolute atomic E-state index is 0.317. The Bertz CT molecular complexity index is 782. The first-order valence-corrected chi connectivity index (χ1v) is 9.07. The summed E-state index contributed by atoms with van der Waals surface area (Å²) in [5.41, 5.74) is 3.71. The molecule has 0 spiro atoms. The molecule has 4 nitrogen and oxygen atoms in total. The first-order valence-electron chi connectivity index (χ1n) is 7.84. The molecule has 2 rings (SSSR count). The Morgan fingerprint density at radius 2 is 1.84 bits per heavy atom. The zero-order chi connectivity index (χ0) is 18.2. The van der Waals surface area contributed by atoms with Crippen LogP contribution in [0.15, 0.2) is 53.4 Å². The van der Waals surface area contributed by atoms with Gasteiger partial charge in [0.25, 0.3) is 5.91 Å². The predicted octanol–water partition coefficient (Wildman–Crippen LogP) is 4.22. The van der Waals surface area contributed by atoms with E-state index in [-0.39, 0.29) is 12.5 Å². The van der Waals surface area contributed by atoms with Crippen LogP contribution in [-0.4, -0.2) is 24.7 Å². The van der Waals surface area contributed by atoms with Crippen LogP contribution in [-0.2, 0) is 14.3 Å². The minimum Gasteiger partial charge on any atom is -0.452 e. The Morgan fingerprint density at radius 1 is 1.12 bits per heavy atom. The Hall–Kier alpha value is -2.53. The van der Waals surface area contributed by atoms with Crippen LogP contribution in [0, 0.1) is 13.8 Å². The average Bonchev–Trinajstić information content (AvgIpc) is 2.62. The van der Waals surface area contributed by atoms with E-state index in [0.29, 0.717) is 0 Å². The Balaban J connectivity index is 1.83. The molecule has 130 valence electrons. The largest absolute Gasteiger partial charge is 0.452 e. The molecule has 0 saturated heterocycles. The number of benzene rings is 2. The van der Waals surface area contributed by atoms with Crippen molar-refractivity contribution in [3.8, 4) is 0 Å². The van der Waals surface area contributed by atoms with E-state index in [0.717, 1.165) is 27.3 Å². The SMILES string of the molecule is CSc1ccc(/C=C/C(=O)OCC(=O)Nc2cccc(C)c2C)cc1. The van der Waals surface area contributed by atoms with Crippen LogP contribution in [0.25, 0.3) is 6.08 Å². The maximum Gasteiger partial charge on any atom is 0.331 e. The van der Waals surface area contributed by atoms with Gasteiger partial charge in [0.2, 0.25) is 0 Å². The summed E-state index contributed by atoms with van der Waals surface area (Å²) in [5.74, 6) is -0.912. The van der Waals surface area contributed by atoms with Crippen molar-refractivity contribution in [1.82, 2.24) is 0 Å². The first kappa shape index (κ1) is 18.8. The zero-order valence-electron chi connectivity index (χ0n) is 14.5. The quantitative estimate of drug-likeness (QED) is 0.479. The van der Waals surface area contributed by atoms with Gasteiger partial charge in [-0.1, -0.05) is 24.3 Å². The number of thioether (sulfide) groups is 1. The van der Waals surface area contributed by atoms with Gasteiger partial charge in [-0.05, 0) is 61.1 Å². The number of rotatable bonds is 6. The summed E-state index contributed by atoms with van der Waals surface area (Å²) < 4.78 is 4.97. The van der Waals surface area contributed by atoms with Gasteiger partial charge < -0.3 is 10.1 Å². The lowest BCUT2D eigenvalue weighted by Crippen LogP contribution is -2.20.